The zero-order valence-electron chi connectivity index (χ0n) is 10.7. The lowest BCUT2D eigenvalue weighted by atomic mass is 10.0. The van der Waals surface area contributed by atoms with Crippen molar-refractivity contribution in [3.63, 3.8) is 0 Å². The SMILES string of the molecule is CCN1CCC(Nc2cccc(Br)c2C)CC1. The number of anilines is 1. The number of hydrogen-bond donors (Lipinski definition) is 1. The smallest absolute Gasteiger partial charge is 0.0383 e. The van der Waals surface area contributed by atoms with Crippen molar-refractivity contribution < 1.29 is 0 Å². The number of nitrogens with zero attached hydrogens (tertiary/aromatic N) is 1. The zero-order chi connectivity index (χ0) is 12.3. The Labute approximate surface area is 113 Å². The van der Waals surface area contributed by atoms with Crippen molar-refractivity contribution in [2.45, 2.75) is 32.7 Å². The molecule has 0 amide bonds. The van der Waals surface area contributed by atoms with Gasteiger partial charge in [0.15, 0.2) is 0 Å². The Morgan fingerprint density at radius 3 is 2.71 bits per heavy atom. The van der Waals surface area contributed by atoms with Crippen molar-refractivity contribution >= 4 is 21.6 Å². The predicted octanol–water partition coefficient (Wildman–Crippen LogP) is 3.65. The van der Waals surface area contributed by atoms with E-state index in [0.717, 1.165) is 0 Å². The highest BCUT2D eigenvalue weighted by atomic mass is 79.9. The van der Waals surface area contributed by atoms with Crippen LogP contribution in [0.1, 0.15) is 25.3 Å². The van der Waals surface area contributed by atoms with Crippen LogP contribution in [0, 0.1) is 6.92 Å². The first-order chi connectivity index (χ1) is 8.20. The van der Waals surface area contributed by atoms with E-state index < -0.39 is 0 Å². The normalized spacial score (nSPS) is 18.3. The Morgan fingerprint density at radius 1 is 1.35 bits per heavy atom. The standard InChI is InChI=1S/C14H21BrN2/c1-3-17-9-7-12(8-10-17)16-14-6-4-5-13(15)11(14)2/h4-6,12,16H,3,7-10H2,1-2H3. The minimum atomic E-state index is 0.630. The Bertz CT molecular complexity index is 370. The lowest BCUT2D eigenvalue weighted by Crippen LogP contribution is -2.38. The van der Waals surface area contributed by atoms with Gasteiger partial charge in [0.2, 0.25) is 0 Å². The van der Waals surface area contributed by atoms with E-state index in [0.29, 0.717) is 6.04 Å². The van der Waals surface area contributed by atoms with Gasteiger partial charge in [0.1, 0.15) is 0 Å². The summed E-state index contributed by atoms with van der Waals surface area (Å²) >= 11 is 3.58. The largest absolute Gasteiger partial charge is 0.382 e. The van der Waals surface area contributed by atoms with E-state index in [4.69, 9.17) is 0 Å². The summed E-state index contributed by atoms with van der Waals surface area (Å²) in [5.74, 6) is 0. The number of rotatable bonds is 3. The van der Waals surface area contributed by atoms with Gasteiger partial charge < -0.3 is 10.2 Å². The van der Waals surface area contributed by atoms with Gasteiger partial charge >= 0.3 is 0 Å². The minimum Gasteiger partial charge on any atom is -0.382 e. The van der Waals surface area contributed by atoms with Gasteiger partial charge in [-0.05, 0) is 44.0 Å². The highest BCUT2D eigenvalue weighted by Gasteiger charge is 2.18. The van der Waals surface area contributed by atoms with Gasteiger partial charge in [0, 0.05) is 29.3 Å². The van der Waals surface area contributed by atoms with Crippen molar-refractivity contribution in [3.05, 3.63) is 28.2 Å². The highest BCUT2D eigenvalue weighted by molar-refractivity contribution is 9.10. The van der Waals surface area contributed by atoms with Crippen molar-refractivity contribution in [3.8, 4) is 0 Å². The van der Waals surface area contributed by atoms with Gasteiger partial charge in [-0.3, -0.25) is 0 Å². The van der Waals surface area contributed by atoms with Crippen molar-refractivity contribution in [1.29, 1.82) is 0 Å². The van der Waals surface area contributed by atoms with Gasteiger partial charge in [-0.1, -0.05) is 28.9 Å². The molecule has 0 bridgehead atoms. The van der Waals surface area contributed by atoms with Crippen LogP contribution < -0.4 is 5.32 Å². The molecule has 0 aromatic heterocycles. The molecule has 1 aromatic rings. The number of halogens is 1. The molecule has 1 aromatic carbocycles. The summed E-state index contributed by atoms with van der Waals surface area (Å²) in [5, 5.41) is 3.68. The molecular weight excluding hydrogens is 276 g/mol. The molecule has 1 saturated heterocycles. The second-order valence-electron chi connectivity index (χ2n) is 4.77. The molecule has 2 nitrogen and oxygen atoms in total. The Balaban J connectivity index is 1.95. The van der Waals surface area contributed by atoms with Crippen LogP contribution in [0.4, 0.5) is 5.69 Å². The summed E-state index contributed by atoms with van der Waals surface area (Å²) in [6.45, 7) is 8.03. The van der Waals surface area contributed by atoms with Crippen LogP contribution in [-0.4, -0.2) is 30.6 Å². The molecule has 1 aliphatic rings. The molecular formula is C14H21BrN2. The molecule has 2 rings (SSSR count). The van der Waals surface area contributed by atoms with Crippen LogP contribution in [0.3, 0.4) is 0 Å². The van der Waals surface area contributed by atoms with Gasteiger partial charge in [0.05, 0.1) is 0 Å². The summed E-state index contributed by atoms with van der Waals surface area (Å²) in [5.41, 5.74) is 2.58. The third kappa shape index (κ3) is 3.23. The van der Waals surface area contributed by atoms with Crippen LogP contribution in [0.25, 0.3) is 0 Å². The Hall–Kier alpha value is -0.540. The maximum absolute atomic E-state index is 3.68. The van der Waals surface area contributed by atoms with Gasteiger partial charge in [-0.15, -0.1) is 0 Å². The predicted molar refractivity (Wildman–Crippen MR) is 77.6 cm³/mol. The number of likely N-dealkylation sites (tertiary alicyclic amines) is 1. The molecule has 0 atom stereocenters. The summed E-state index contributed by atoms with van der Waals surface area (Å²) < 4.78 is 1.19. The zero-order valence-corrected chi connectivity index (χ0v) is 12.3. The quantitative estimate of drug-likeness (QED) is 0.916. The fourth-order valence-corrected chi connectivity index (χ4v) is 2.74. The van der Waals surface area contributed by atoms with Crippen LogP contribution in [0.2, 0.25) is 0 Å². The summed E-state index contributed by atoms with van der Waals surface area (Å²) in [4.78, 5) is 2.52. The third-order valence-corrected chi connectivity index (χ3v) is 4.52. The minimum absolute atomic E-state index is 0.630. The van der Waals surface area contributed by atoms with Crippen LogP contribution >= 0.6 is 15.9 Å². The lowest BCUT2D eigenvalue weighted by molar-refractivity contribution is 0.229. The first-order valence-corrected chi connectivity index (χ1v) is 7.24. The lowest BCUT2D eigenvalue weighted by Gasteiger charge is -2.32. The van der Waals surface area contributed by atoms with Crippen molar-refractivity contribution in [1.82, 2.24) is 4.90 Å². The molecule has 1 N–H and O–H groups in total. The number of hydrogen-bond acceptors (Lipinski definition) is 2. The Morgan fingerprint density at radius 2 is 2.06 bits per heavy atom. The fraction of sp³-hybridized carbons (Fsp3) is 0.571. The summed E-state index contributed by atoms with van der Waals surface area (Å²) in [6, 6.07) is 7.00. The molecule has 94 valence electrons. The molecule has 1 heterocycles. The first-order valence-electron chi connectivity index (χ1n) is 6.44. The second kappa shape index (κ2) is 5.87. The second-order valence-corrected chi connectivity index (χ2v) is 5.62. The van der Waals surface area contributed by atoms with Gasteiger partial charge in [0.25, 0.3) is 0 Å². The van der Waals surface area contributed by atoms with E-state index in [1.807, 2.05) is 0 Å². The first kappa shape index (κ1) is 12.9. The molecule has 0 aliphatic carbocycles. The average molecular weight is 297 g/mol. The van der Waals surface area contributed by atoms with E-state index in [-0.39, 0.29) is 0 Å². The molecule has 0 saturated carbocycles. The number of benzene rings is 1. The molecule has 0 unspecified atom stereocenters. The molecule has 0 spiro atoms. The highest BCUT2D eigenvalue weighted by Crippen LogP contribution is 2.25. The monoisotopic (exact) mass is 296 g/mol. The van der Waals surface area contributed by atoms with Crippen LogP contribution in [0.15, 0.2) is 22.7 Å². The fourth-order valence-electron chi connectivity index (χ4n) is 2.38. The summed E-state index contributed by atoms with van der Waals surface area (Å²) in [7, 11) is 0. The molecule has 0 radical (unpaired) electrons. The maximum atomic E-state index is 3.68. The van der Waals surface area contributed by atoms with Crippen LogP contribution in [0.5, 0.6) is 0 Å². The number of piperidine rings is 1. The van der Waals surface area contributed by atoms with E-state index in [1.54, 1.807) is 0 Å². The van der Waals surface area contributed by atoms with E-state index >= 15 is 0 Å². The molecule has 3 heteroatoms. The maximum Gasteiger partial charge on any atom is 0.0383 e. The molecule has 1 fully saturated rings. The Kier molecular flexibility index (Phi) is 4.46. The third-order valence-electron chi connectivity index (χ3n) is 3.66. The number of nitrogens with one attached hydrogen (secondary N) is 1. The summed E-state index contributed by atoms with van der Waals surface area (Å²) in [6.07, 6.45) is 2.50. The van der Waals surface area contributed by atoms with Crippen LogP contribution in [-0.2, 0) is 0 Å². The van der Waals surface area contributed by atoms with E-state index in [2.05, 4.69) is 58.2 Å². The molecule has 1 aliphatic heterocycles. The average Bonchev–Trinajstić information content (AvgIpc) is 2.36. The van der Waals surface area contributed by atoms with E-state index in [9.17, 15) is 0 Å². The van der Waals surface area contributed by atoms with Crippen molar-refractivity contribution in [2.24, 2.45) is 0 Å². The van der Waals surface area contributed by atoms with E-state index in [1.165, 1.54) is 48.2 Å². The van der Waals surface area contributed by atoms with Crippen molar-refractivity contribution in [2.75, 3.05) is 25.0 Å². The van der Waals surface area contributed by atoms with Gasteiger partial charge in [-0.2, -0.15) is 0 Å². The molecule has 17 heavy (non-hydrogen) atoms. The van der Waals surface area contributed by atoms with Gasteiger partial charge in [-0.25, -0.2) is 0 Å². The topological polar surface area (TPSA) is 15.3 Å².